The average Bonchev–Trinajstić information content (AvgIpc) is 3.12. The largest absolute Gasteiger partial charge is 0.351 e. The maximum absolute atomic E-state index is 12.6. The van der Waals surface area contributed by atoms with Crippen molar-refractivity contribution in [3.8, 4) is 0 Å². The third kappa shape index (κ3) is 5.82. The maximum Gasteiger partial charge on any atom is 0.253 e. The van der Waals surface area contributed by atoms with E-state index in [4.69, 9.17) is 4.52 Å². The Balaban J connectivity index is 1.44. The Bertz CT molecular complexity index is 787. The quantitative estimate of drug-likeness (QED) is 0.784. The number of carbonyl (C=O) groups is 2. The third-order valence-corrected chi connectivity index (χ3v) is 5.27. The first-order chi connectivity index (χ1) is 13.1. The highest BCUT2D eigenvalue weighted by atomic mass is 32.2. The van der Waals surface area contributed by atoms with Gasteiger partial charge in [0.1, 0.15) is 0 Å². The summed E-state index contributed by atoms with van der Waals surface area (Å²) in [5.41, 5.74) is 1.61. The Kier molecular flexibility index (Phi) is 6.86. The number of benzene rings is 1. The molecule has 1 N–H and O–H groups in total. The molecule has 0 bridgehead atoms. The molecule has 2 amide bonds. The number of carbonyl (C=O) groups excluding carboxylic acids is 2. The van der Waals surface area contributed by atoms with E-state index in [1.807, 2.05) is 29.2 Å². The highest BCUT2D eigenvalue weighted by Crippen LogP contribution is 2.14. The number of nitrogens with one attached hydrogen (secondary N) is 1. The molecule has 2 aromatic rings. The van der Waals surface area contributed by atoms with Gasteiger partial charge < -0.3 is 14.7 Å². The Morgan fingerprint density at radius 1 is 1.26 bits per heavy atom. The lowest BCUT2D eigenvalue weighted by atomic mass is 10.1. The summed E-state index contributed by atoms with van der Waals surface area (Å²) in [6.07, 6.45) is 3.34. The van der Waals surface area contributed by atoms with Gasteiger partial charge in [0.05, 0.1) is 11.5 Å². The van der Waals surface area contributed by atoms with E-state index in [1.165, 1.54) is 18.2 Å². The zero-order valence-corrected chi connectivity index (χ0v) is 16.3. The van der Waals surface area contributed by atoms with Gasteiger partial charge in [-0.25, -0.2) is 0 Å². The van der Waals surface area contributed by atoms with Crippen LogP contribution in [0.25, 0.3) is 0 Å². The van der Waals surface area contributed by atoms with Crippen LogP contribution >= 0.6 is 11.8 Å². The number of rotatable bonds is 7. The van der Waals surface area contributed by atoms with Crippen molar-refractivity contribution in [3.05, 3.63) is 47.1 Å². The fourth-order valence-corrected chi connectivity index (χ4v) is 3.67. The van der Waals surface area contributed by atoms with E-state index in [0.717, 1.165) is 31.5 Å². The molecule has 7 nitrogen and oxygen atoms in total. The van der Waals surface area contributed by atoms with Crippen molar-refractivity contribution in [2.24, 2.45) is 0 Å². The molecule has 0 aliphatic carbocycles. The molecule has 1 aromatic heterocycles. The summed E-state index contributed by atoms with van der Waals surface area (Å²) in [4.78, 5) is 30.6. The molecule has 0 unspecified atom stereocenters. The average molecular weight is 388 g/mol. The summed E-state index contributed by atoms with van der Waals surface area (Å²) < 4.78 is 4.90. The summed E-state index contributed by atoms with van der Waals surface area (Å²) in [5, 5.41) is 6.68. The highest BCUT2D eigenvalue weighted by Gasteiger charge is 2.18. The summed E-state index contributed by atoms with van der Waals surface area (Å²) >= 11 is 1.43. The summed E-state index contributed by atoms with van der Waals surface area (Å²) in [7, 11) is 0. The van der Waals surface area contributed by atoms with Gasteiger partial charge in [-0.05, 0) is 37.0 Å². The standard InChI is InChI=1S/C19H24N4O3S/c1-14-21-17(22-26-14)12-27-13-18(24)20-11-15-6-5-7-16(10-15)19(25)23-8-3-2-4-9-23/h5-7,10H,2-4,8-9,11-13H2,1H3,(H,20,24). The molecule has 144 valence electrons. The second-order valence-corrected chi connectivity index (χ2v) is 7.54. The minimum Gasteiger partial charge on any atom is -0.351 e. The molecule has 0 radical (unpaired) electrons. The second-order valence-electron chi connectivity index (χ2n) is 6.55. The molecule has 2 heterocycles. The van der Waals surface area contributed by atoms with Crippen LogP contribution in [0.1, 0.15) is 46.9 Å². The molecule has 1 saturated heterocycles. The predicted molar refractivity (Wildman–Crippen MR) is 103 cm³/mol. The van der Waals surface area contributed by atoms with Crippen molar-refractivity contribution in [1.82, 2.24) is 20.4 Å². The highest BCUT2D eigenvalue weighted by molar-refractivity contribution is 7.99. The van der Waals surface area contributed by atoms with Gasteiger partial charge in [0.2, 0.25) is 11.8 Å². The summed E-state index contributed by atoms with van der Waals surface area (Å²) in [6, 6.07) is 7.49. The van der Waals surface area contributed by atoms with Gasteiger partial charge in [0, 0.05) is 32.1 Å². The molecule has 1 aliphatic heterocycles. The van der Waals surface area contributed by atoms with Gasteiger partial charge in [-0.15, -0.1) is 11.8 Å². The number of nitrogens with zero attached hydrogens (tertiary/aromatic N) is 3. The van der Waals surface area contributed by atoms with Crippen molar-refractivity contribution in [1.29, 1.82) is 0 Å². The van der Waals surface area contributed by atoms with Crippen LogP contribution in [-0.4, -0.2) is 45.7 Å². The van der Waals surface area contributed by atoms with Gasteiger partial charge in [-0.1, -0.05) is 17.3 Å². The van der Waals surface area contributed by atoms with Crippen LogP contribution in [0.2, 0.25) is 0 Å². The summed E-state index contributed by atoms with van der Waals surface area (Å²) in [6.45, 7) is 3.80. The summed E-state index contributed by atoms with van der Waals surface area (Å²) in [5.74, 6) is 1.98. The minimum atomic E-state index is -0.0621. The fraction of sp³-hybridized carbons (Fsp3) is 0.474. The van der Waals surface area contributed by atoms with E-state index in [1.54, 1.807) is 6.92 Å². The Labute approximate surface area is 162 Å². The van der Waals surface area contributed by atoms with Crippen molar-refractivity contribution in [2.45, 2.75) is 38.5 Å². The van der Waals surface area contributed by atoms with Crippen LogP contribution < -0.4 is 5.32 Å². The minimum absolute atomic E-state index is 0.0621. The lowest BCUT2D eigenvalue weighted by Crippen LogP contribution is -2.35. The maximum atomic E-state index is 12.6. The Hall–Kier alpha value is -2.35. The molecule has 1 fully saturated rings. The lowest BCUT2D eigenvalue weighted by molar-refractivity contribution is -0.118. The second kappa shape index (κ2) is 9.55. The van der Waals surface area contributed by atoms with Crippen molar-refractivity contribution < 1.29 is 14.1 Å². The first kappa shape index (κ1) is 19.4. The lowest BCUT2D eigenvalue weighted by Gasteiger charge is -2.26. The van der Waals surface area contributed by atoms with E-state index < -0.39 is 0 Å². The number of aryl methyl sites for hydroxylation is 1. The van der Waals surface area contributed by atoms with Crippen LogP contribution in [0.5, 0.6) is 0 Å². The van der Waals surface area contributed by atoms with Crippen LogP contribution in [0.4, 0.5) is 0 Å². The first-order valence-electron chi connectivity index (χ1n) is 9.13. The molecule has 0 saturated carbocycles. The van der Waals surface area contributed by atoms with Gasteiger partial charge >= 0.3 is 0 Å². The van der Waals surface area contributed by atoms with Gasteiger partial charge in [0.25, 0.3) is 5.91 Å². The van der Waals surface area contributed by atoms with E-state index in [9.17, 15) is 9.59 Å². The van der Waals surface area contributed by atoms with Crippen molar-refractivity contribution >= 4 is 23.6 Å². The fourth-order valence-electron chi connectivity index (χ4n) is 2.98. The van der Waals surface area contributed by atoms with Crippen LogP contribution in [-0.2, 0) is 17.1 Å². The molecule has 1 aliphatic rings. The van der Waals surface area contributed by atoms with E-state index in [-0.39, 0.29) is 11.8 Å². The molecule has 0 spiro atoms. The zero-order chi connectivity index (χ0) is 19.1. The monoisotopic (exact) mass is 388 g/mol. The molecular formula is C19H24N4O3S. The van der Waals surface area contributed by atoms with Gasteiger partial charge in [0.15, 0.2) is 5.82 Å². The van der Waals surface area contributed by atoms with Crippen molar-refractivity contribution in [2.75, 3.05) is 18.8 Å². The number of piperidine rings is 1. The molecule has 27 heavy (non-hydrogen) atoms. The van der Waals surface area contributed by atoms with Gasteiger partial charge in [-0.3, -0.25) is 9.59 Å². The normalized spacial score (nSPS) is 14.2. The van der Waals surface area contributed by atoms with Crippen LogP contribution in [0.3, 0.4) is 0 Å². The SMILES string of the molecule is Cc1nc(CSCC(=O)NCc2cccc(C(=O)N3CCCCC3)c2)no1. The number of amides is 2. The molecule has 1 aromatic carbocycles. The first-order valence-corrected chi connectivity index (χ1v) is 10.3. The van der Waals surface area contributed by atoms with E-state index in [0.29, 0.717) is 35.3 Å². The molecule has 3 rings (SSSR count). The Morgan fingerprint density at radius 3 is 2.81 bits per heavy atom. The van der Waals surface area contributed by atoms with Crippen LogP contribution in [0, 0.1) is 6.92 Å². The predicted octanol–water partition coefficient (Wildman–Crippen LogP) is 2.55. The molecule has 0 atom stereocenters. The number of hydrogen-bond acceptors (Lipinski definition) is 6. The number of likely N-dealkylation sites (tertiary alicyclic amines) is 1. The number of hydrogen-bond donors (Lipinski definition) is 1. The number of aromatic nitrogens is 2. The Morgan fingerprint density at radius 2 is 2.07 bits per heavy atom. The molecule has 8 heteroatoms. The zero-order valence-electron chi connectivity index (χ0n) is 15.4. The van der Waals surface area contributed by atoms with Gasteiger partial charge in [-0.2, -0.15) is 4.98 Å². The van der Waals surface area contributed by atoms with E-state index in [2.05, 4.69) is 15.5 Å². The topological polar surface area (TPSA) is 88.3 Å². The number of thioether (sulfide) groups is 1. The van der Waals surface area contributed by atoms with Crippen molar-refractivity contribution in [3.63, 3.8) is 0 Å². The smallest absolute Gasteiger partial charge is 0.253 e. The molecular weight excluding hydrogens is 364 g/mol. The van der Waals surface area contributed by atoms with E-state index >= 15 is 0 Å². The van der Waals surface area contributed by atoms with Crippen LogP contribution in [0.15, 0.2) is 28.8 Å². The third-order valence-electron chi connectivity index (χ3n) is 4.34.